The zero-order chi connectivity index (χ0) is 13.8. The van der Waals surface area contributed by atoms with Gasteiger partial charge in [0, 0.05) is 11.8 Å². The van der Waals surface area contributed by atoms with E-state index in [1.54, 1.807) is 12.1 Å². The Morgan fingerprint density at radius 2 is 2.05 bits per heavy atom. The van der Waals surface area contributed by atoms with Crippen LogP contribution in [0.4, 0.5) is 5.69 Å². The molecule has 0 aliphatic carbocycles. The second-order valence-corrected chi connectivity index (χ2v) is 4.58. The summed E-state index contributed by atoms with van der Waals surface area (Å²) < 4.78 is 0. The number of aryl methyl sites for hydroxylation is 1. The number of hydrogen-bond acceptors (Lipinski definition) is 3. The summed E-state index contributed by atoms with van der Waals surface area (Å²) in [4.78, 5) is 25.3. The number of aromatic amines is 1. The van der Waals surface area contributed by atoms with Crippen molar-refractivity contribution in [3.63, 3.8) is 0 Å². The summed E-state index contributed by atoms with van der Waals surface area (Å²) in [6.45, 7) is 2.11. The van der Waals surface area contributed by atoms with Crippen LogP contribution in [0.2, 0.25) is 0 Å². The maximum atomic E-state index is 11.9. The lowest BCUT2D eigenvalue weighted by Crippen LogP contribution is -2.10. The van der Waals surface area contributed by atoms with Crippen molar-refractivity contribution < 1.29 is 4.92 Å². The number of pyridine rings is 1. The van der Waals surface area contributed by atoms with Gasteiger partial charge in [-0.1, -0.05) is 25.8 Å². The van der Waals surface area contributed by atoms with E-state index < -0.39 is 4.92 Å². The van der Waals surface area contributed by atoms with Crippen molar-refractivity contribution in [2.24, 2.45) is 0 Å². The first kappa shape index (κ1) is 13.3. The van der Waals surface area contributed by atoms with Gasteiger partial charge in [-0.3, -0.25) is 14.9 Å². The van der Waals surface area contributed by atoms with Gasteiger partial charge in [-0.25, -0.2) is 0 Å². The number of fused-ring (bicyclic) bond motifs is 1. The zero-order valence-corrected chi connectivity index (χ0v) is 10.8. The molecule has 100 valence electrons. The third-order valence-electron chi connectivity index (χ3n) is 3.17. The minimum Gasteiger partial charge on any atom is -0.326 e. The van der Waals surface area contributed by atoms with Crippen LogP contribution in [-0.2, 0) is 6.42 Å². The van der Waals surface area contributed by atoms with Gasteiger partial charge in [-0.05, 0) is 25.0 Å². The summed E-state index contributed by atoms with van der Waals surface area (Å²) in [5, 5.41) is 11.8. The molecule has 0 aliphatic rings. The van der Waals surface area contributed by atoms with Crippen LogP contribution in [0.3, 0.4) is 0 Å². The van der Waals surface area contributed by atoms with Crippen molar-refractivity contribution in [1.29, 1.82) is 0 Å². The van der Waals surface area contributed by atoms with Gasteiger partial charge in [0.2, 0.25) is 0 Å². The fourth-order valence-electron chi connectivity index (χ4n) is 2.19. The van der Waals surface area contributed by atoms with Crippen molar-refractivity contribution in [3.05, 3.63) is 50.4 Å². The molecule has 0 unspecified atom stereocenters. The minimum absolute atomic E-state index is 0.0136. The average molecular weight is 260 g/mol. The Kier molecular flexibility index (Phi) is 3.94. The molecule has 0 saturated carbocycles. The summed E-state index contributed by atoms with van der Waals surface area (Å²) in [5.41, 5.74) is 0.494. The normalized spacial score (nSPS) is 10.8. The Balaban J connectivity index is 2.50. The van der Waals surface area contributed by atoms with Gasteiger partial charge in [0.1, 0.15) is 0 Å². The highest BCUT2D eigenvalue weighted by atomic mass is 16.6. The fourth-order valence-corrected chi connectivity index (χ4v) is 2.19. The standard InChI is InChI=1S/C14H16N2O3/c1-2-3-4-6-10-9-12-11(14(17)15-10)7-5-8-13(12)16(18)19/h5,7-9H,2-4,6H2,1H3,(H,15,17). The molecule has 5 nitrogen and oxygen atoms in total. The highest BCUT2D eigenvalue weighted by molar-refractivity contribution is 5.90. The molecule has 1 aromatic carbocycles. The second kappa shape index (κ2) is 5.65. The maximum absolute atomic E-state index is 11.9. The molecule has 0 bridgehead atoms. The molecule has 1 heterocycles. The molecule has 2 rings (SSSR count). The molecule has 1 aromatic heterocycles. The van der Waals surface area contributed by atoms with Crippen molar-refractivity contribution in [2.75, 3.05) is 0 Å². The zero-order valence-electron chi connectivity index (χ0n) is 10.8. The van der Waals surface area contributed by atoms with E-state index in [9.17, 15) is 14.9 Å². The fraction of sp³-hybridized carbons (Fsp3) is 0.357. The molecule has 0 aliphatic heterocycles. The van der Waals surface area contributed by atoms with E-state index in [0.717, 1.165) is 31.4 Å². The van der Waals surface area contributed by atoms with E-state index in [1.165, 1.54) is 12.1 Å². The molecule has 0 radical (unpaired) electrons. The van der Waals surface area contributed by atoms with Crippen LogP contribution in [0.25, 0.3) is 10.8 Å². The molecule has 0 atom stereocenters. The minimum atomic E-state index is -0.447. The third kappa shape index (κ3) is 2.81. The summed E-state index contributed by atoms with van der Waals surface area (Å²) in [5.74, 6) is 0. The molecular weight excluding hydrogens is 244 g/mol. The number of benzene rings is 1. The first-order chi connectivity index (χ1) is 9.13. The number of non-ortho nitro benzene ring substituents is 1. The van der Waals surface area contributed by atoms with E-state index in [1.807, 2.05) is 0 Å². The van der Waals surface area contributed by atoms with Crippen molar-refractivity contribution in [1.82, 2.24) is 4.98 Å². The first-order valence-corrected chi connectivity index (χ1v) is 6.42. The number of rotatable bonds is 5. The molecule has 0 fully saturated rings. The van der Waals surface area contributed by atoms with Crippen LogP contribution in [-0.4, -0.2) is 9.91 Å². The molecule has 5 heteroatoms. The number of nitro groups is 1. The van der Waals surface area contributed by atoms with Gasteiger partial charge in [-0.2, -0.15) is 0 Å². The Morgan fingerprint density at radius 1 is 1.26 bits per heavy atom. The molecular formula is C14H16N2O3. The first-order valence-electron chi connectivity index (χ1n) is 6.42. The lowest BCUT2D eigenvalue weighted by Gasteiger charge is -2.04. The van der Waals surface area contributed by atoms with Gasteiger partial charge < -0.3 is 4.98 Å². The average Bonchev–Trinajstić information content (AvgIpc) is 2.38. The van der Waals surface area contributed by atoms with E-state index in [0.29, 0.717) is 10.8 Å². The molecule has 0 amide bonds. The number of unbranched alkanes of at least 4 members (excludes halogenated alkanes) is 2. The molecule has 0 spiro atoms. The SMILES string of the molecule is CCCCCc1cc2c([N+](=O)[O-])cccc2c(=O)[nH]1. The molecule has 1 N–H and O–H groups in total. The summed E-state index contributed by atoms with van der Waals surface area (Å²) in [6, 6.07) is 6.30. The molecule has 0 saturated heterocycles. The van der Waals surface area contributed by atoms with Crippen molar-refractivity contribution >= 4 is 16.5 Å². The van der Waals surface area contributed by atoms with Crippen LogP contribution in [0, 0.1) is 10.1 Å². The predicted octanol–water partition coefficient (Wildman–Crippen LogP) is 3.17. The van der Waals surface area contributed by atoms with Gasteiger partial charge in [0.15, 0.2) is 0 Å². The van der Waals surface area contributed by atoms with E-state index in [-0.39, 0.29) is 11.2 Å². The van der Waals surface area contributed by atoms with Gasteiger partial charge in [0.25, 0.3) is 11.2 Å². The van der Waals surface area contributed by atoms with E-state index in [4.69, 9.17) is 0 Å². The lowest BCUT2D eigenvalue weighted by molar-refractivity contribution is -0.383. The molecule has 19 heavy (non-hydrogen) atoms. The van der Waals surface area contributed by atoms with Crippen LogP contribution < -0.4 is 5.56 Å². The largest absolute Gasteiger partial charge is 0.326 e. The lowest BCUT2D eigenvalue weighted by atomic mass is 10.1. The third-order valence-corrected chi connectivity index (χ3v) is 3.17. The van der Waals surface area contributed by atoms with Gasteiger partial charge in [0.05, 0.1) is 15.7 Å². The monoisotopic (exact) mass is 260 g/mol. The highest BCUT2D eigenvalue weighted by Gasteiger charge is 2.13. The van der Waals surface area contributed by atoms with E-state index in [2.05, 4.69) is 11.9 Å². The number of aromatic nitrogens is 1. The number of hydrogen-bond donors (Lipinski definition) is 1. The number of H-pyrrole nitrogens is 1. The topological polar surface area (TPSA) is 76.0 Å². The quantitative estimate of drug-likeness (QED) is 0.509. The summed E-state index contributed by atoms with van der Waals surface area (Å²) >= 11 is 0. The van der Waals surface area contributed by atoms with Crippen LogP contribution in [0.1, 0.15) is 31.9 Å². The molecule has 2 aromatic rings. The second-order valence-electron chi connectivity index (χ2n) is 4.58. The Labute approximate surface area is 110 Å². The summed E-state index contributed by atoms with van der Waals surface area (Å²) in [6.07, 6.45) is 3.89. The Morgan fingerprint density at radius 3 is 2.74 bits per heavy atom. The Bertz CT molecular complexity index is 661. The van der Waals surface area contributed by atoms with Crippen molar-refractivity contribution in [2.45, 2.75) is 32.6 Å². The number of nitrogens with zero attached hydrogens (tertiary/aromatic N) is 1. The Hall–Kier alpha value is -2.17. The van der Waals surface area contributed by atoms with Crippen LogP contribution in [0.15, 0.2) is 29.1 Å². The van der Waals surface area contributed by atoms with Crippen molar-refractivity contribution in [3.8, 4) is 0 Å². The van der Waals surface area contributed by atoms with Gasteiger partial charge >= 0.3 is 0 Å². The maximum Gasteiger partial charge on any atom is 0.277 e. The van der Waals surface area contributed by atoms with Gasteiger partial charge in [-0.15, -0.1) is 0 Å². The summed E-state index contributed by atoms with van der Waals surface area (Å²) in [7, 11) is 0. The highest BCUT2D eigenvalue weighted by Crippen LogP contribution is 2.23. The number of nitrogens with one attached hydrogen (secondary N) is 1. The van der Waals surface area contributed by atoms with Crippen LogP contribution >= 0.6 is 0 Å². The van der Waals surface area contributed by atoms with E-state index >= 15 is 0 Å². The number of nitro benzene ring substituents is 1. The predicted molar refractivity (Wildman–Crippen MR) is 74.5 cm³/mol. The smallest absolute Gasteiger partial charge is 0.277 e. The van der Waals surface area contributed by atoms with Crippen LogP contribution in [0.5, 0.6) is 0 Å².